The highest BCUT2D eigenvalue weighted by Crippen LogP contribution is 2.37. The lowest BCUT2D eigenvalue weighted by molar-refractivity contribution is -0.136. The van der Waals surface area contributed by atoms with Crippen LogP contribution in [0, 0.1) is 0 Å². The molecule has 6 nitrogen and oxygen atoms in total. The highest BCUT2D eigenvalue weighted by atomic mass is 35.5. The van der Waals surface area contributed by atoms with E-state index in [-0.39, 0.29) is 29.6 Å². The molecule has 1 aliphatic rings. The standard InChI is InChI=1S/C27H28ClF3N4O2S/c1-16(2)34-11-9-18(10-12-34)33(3)26(36)22-14-19-20(27(29,30)31)5-4-6-21(19)35(22)15-17-13-23(37-32-17)24-7-8-25(28)38-24/h4-8,13-14,16,18H,9-12,15H2,1-3H3. The molecule has 0 unspecified atom stereocenters. The zero-order valence-electron chi connectivity index (χ0n) is 21.3. The minimum absolute atomic E-state index is 0.00767. The van der Waals surface area contributed by atoms with Gasteiger partial charge in [0.05, 0.1) is 21.3 Å². The minimum atomic E-state index is -4.55. The van der Waals surface area contributed by atoms with Crippen molar-refractivity contribution in [2.24, 2.45) is 0 Å². The van der Waals surface area contributed by atoms with Crippen molar-refractivity contribution in [2.75, 3.05) is 20.1 Å². The minimum Gasteiger partial charge on any atom is -0.355 e. The normalized spacial score (nSPS) is 15.6. The molecule has 0 spiro atoms. The average Bonchev–Trinajstić information content (AvgIpc) is 3.61. The van der Waals surface area contributed by atoms with Crippen LogP contribution in [0.5, 0.6) is 0 Å². The number of alkyl halides is 3. The molecule has 4 heterocycles. The summed E-state index contributed by atoms with van der Waals surface area (Å²) in [6.07, 6.45) is -2.93. The molecule has 202 valence electrons. The number of carbonyl (C=O) groups is 1. The summed E-state index contributed by atoms with van der Waals surface area (Å²) in [5.74, 6) is 0.192. The third-order valence-electron chi connectivity index (χ3n) is 7.26. The number of benzene rings is 1. The maximum Gasteiger partial charge on any atom is 0.417 e. The third-order valence-corrected chi connectivity index (χ3v) is 8.51. The molecular formula is C27H28ClF3N4O2S. The van der Waals surface area contributed by atoms with Crippen LogP contribution in [0.25, 0.3) is 21.5 Å². The molecule has 0 N–H and O–H groups in total. The van der Waals surface area contributed by atoms with E-state index in [0.29, 0.717) is 27.3 Å². The quantitative estimate of drug-likeness (QED) is 0.252. The van der Waals surface area contributed by atoms with E-state index in [9.17, 15) is 18.0 Å². The van der Waals surface area contributed by atoms with E-state index < -0.39 is 11.7 Å². The van der Waals surface area contributed by atoms with Crippen molar-refractivity contribution in [2.45, 2.75) is 51.5 Å². The second kappa shape index (κ2) is 10.4. The molecule has 3 aromatic heterocycles. The predicted molar refractivity (Wildman–Crippen MR) is 143 cm³/mol. The summed E-state index contributed by atoms with van der Waals surface area (Å²) < 4.78 is 49.3. The molecular weight excluding hydrogens is 537 g/mol. The zero-order chi connectivity index (χ0) is 27.2. The fourth-order valence-electron chi connectivity index (χ4n) is 5.13. The fraction of sp³-hybridized carbons (Fsp3) is 0.407. The van der Waals surface area contributed by atoms with Gasteiger partial charge in [-0.15, -0.1) is 11.3 Å². The predicted octanol–water partition coefficient (Wildman–Crippen LogP) is 7.02. The first-order valence-electron chi connectivity index (χ1n) is 12.4. The summed E-state index contributed by atoms with van der Waals surface area (Å²) >= 11 is 7.37. The summed E-state index contributed by atoms with van der Waals surface area (Å²) in [7, 11) is 1.74. The van der Waals surface area contributed by atoms with Crippen LogP contribution >= 0.6 is 22.9 Å². The van der Waals surface area contributed by atoms with Gasteiger partial charge in [0.15, 0.2) is 5.76 Å². The Bertz CT molecular complexity index is 1450. The first-order valence-corrected chi connectivity index (χ1v) is 13.6. The lowest BCUT2D eigenvalue weighted by Crippen LogP contribution is -2.47. The van der Waals surface area contributed by atoms with E-state index in [4.69, 9.17) is 16.1 Å². The summed E-state index contributed by atoms with van der Waals surface area (Å²) in [5, 5.41) is 4.12. The summed E-state index contributed by atoms with van der Waals surface area (Å²) in [6.45, 7) is 6.11. The van der Waals surface area contributed by atoms with E-state index in [1.54, 1.807) is 34.7 Å². The number of piperidine rings is 1. The Balaban J connectivity index is 1.51. The van der Waals surface area contributed by atoms with Crippen molar-refractivity contribution >= 4 is 39.7 Å². The monoisotopic (exact) mass is 564 g/mol. The second-order valence-corrected chi connectivity index (χ2v) is 11.6. The number of hydrogen-bond donors (Lipinski definition) is 0. The third kappa shape index (κ3) is 5.21. The van der Waals surface area contributed by atoms with Crippen LogP contribution in [0.3, 0.4) is 0 Å². The number of rotatable bonds is 6. The van der Waals surface area contributed by atoms with Gasteiger partial charge < -0.3 is 18.9 Å². The Hall–Kier alpha value is -2.82. The summed E-state index contributed by atoms with van der Waals surface area (Å²) in [5.41, 5.74) is 0.218. The second-order valence-electron chi connectivity index (χ2n) is 9.92. The van der Waals surface area contributed by atoms with Gasteiger partial charge in [0, 0.05) is 49.2 Å². The lowest BCUT2D eigenvalue weighted by atomic mass is 10.0. The number of likely N-dealkylation sites (tertiary alicyclic amines) is 1. The van der Waals surface area contributed by atoms with E-state index in [1.165, 1.54) is 23.5 Å². The van der Waals surface area contributed by atoms with Crippen LogP contribution in [-0.4, -0.2) is 57.7 Å². The Morgan fingerprint density at radius 1 is 1.21 bits per heavy atom. The number of fused-ring (bicyclic) bond motifs is 1. The maximum atomic E-state index is 13.9. The first kappa shape index (κ1) is 26.8. The van der Waals surface area contributed by atoms with Gasteiger partial charge in [-0.05, 0) is 57.0 Å². The van der Waals surface area contributed by atoms with Crippen LogP contribution in [0.2, 0.25) is 4.34 Å². The molecule has 0 saturated carbocycles. The van der Waals surface area contributed by atoms with Gasteiger partial charge in [0.25, 0.3) is 5.91 Å². The summed E-state index contributed by atoms with van der Waals surface area (Å²) in [4.78, 5) is 18.6. The molecule has 0 radical (unpaired) electrons. The average molecular weight is 565 g/mol. The van der Waals surface area contributed by atoms with Crippen molar-refractivity contribution in [3.63, 3.8) is 0 Å². The number of amides is 1. The molecule has 1 fully saturated rings. The molecule has 1 saturated heterocycles. The van der Waals surface area contributed by atoms with Crippen molar-refractivity contribution in [1.82, 2.24) is 19.5 Å². The van der Waals surface area contributed by atoms with Gasteiger partial charge in [-0.25, -0.2) is 0 Å². The largest absolute Gasteiger partial charge is 0.417 e. The SMILES string of the molecule is CC(C)N1CCC(N(C)C(=O)c2cc3c(C(F)(F)F)cccc3n2Cc2cc(-c3ccc(Cl)s3)on2)CC1. The van der Waals surface area contributed by atoms with Crippen LogP contribution in [-0.2, 0) is 12.7 Å². The lowest BCUT2D eigenvalue weighted by Gasteiger charge is -2.38. The molecule has 0 bridgehead atoms. The van der Waals surface area contributed by atoms with Gasteiger partial charge >= 0.3 is 6.18 Å². The van der Waals surface area contributed by atoms with Gasteiger partial charge in [-0.2, -0.15) is 13.2 Å². The Morgan fingerprint density at radius 2 is 1.95 bits per heavy atom. The molecule has 0 aliphatic carbocycles. The number of thiophene rings is 1. The van der Waals surface area contributed by atoms with E-state index in [0.717, 1.165) is 36.9 Å². The highest BCUT2D eigenvalue weighted by Gasteiger charge is 2.35. The number of carbonyl (C=O) groups excluding carboxylic acids is 1. The Labute approximate surface area is 227 Å². The Morgan fingerprint density at radius 3 is 2.58 bits per heavy atom. The van der Waals surface area contributed by atoms with Crippen molar-refractivity contribution < 1.29 is 22.5 Å². The fourth-order valence-corrected chi connectivity index (χ4v) is 6.12. The molecule has 1 aliphatic heterocycles. The first-order chi connectivity index (χ1) is 18.0. The van der Waals surface area contributed by atoms with Crippen LogP contribution in [0.1, 0.15) is 48.4 Å². The van der Waals surface area contributed by atoms with Crippen LogP contribution < -0.4 is 0 Å². The molecule has 38 heavy (non-hydrogen) atoms. The summed E-state index contributed by atoms with van der Waals surface area (Å²) in [6, 6.07) is 11.1. The molecule has 5 rings (SSSR count). The molecule has 1 amide bonds. The highest BCUT2D eigenvalue weighted by molar-refractivity contribution is 7.19. The van der Waals surface area contributed by atoms with Gasteiger partial charge in [0.1, 0.15) is 11.4 Å². The topological polar surface area (TPSA) is 54.5 Å². The number of hydrogen-bond acceptors (Lipinski definition) is 5. The van der Waals surface area contributed by atoms with E-state index in [2.05, 4.69) is 23.9 Å². The van der Waals surface area contributed by atoms with E-state index >= 15 is 0 Å². The van der Waals surface area contributed by atoms with Gasteiger partial charge in [0.2, 0.25) is 0 Å². The maximum absolute atomic E-state index is 13.9. The number of nitrogens with zero attached hydrogens (tertiary/aromatic N) is 4. The van der Waals surface area contributed by atoms with E-state index in [1.807, 2.05) is 6.07 Å². The van der Waals surface area contributed by atoms with Gasteiger partial charge in [-0.1, -0.05) is 22.8 Å². The molecule has 1 aromatic carbocycles. The smallest absolute Gasteiger partial charge is 0.355 e. The molecule has 0 atom stereocenters. The number of halogens is 4. The zero-order valence-corrected chi connectivity index (χ0v) is 22.8. The van der Waals surface area contributed by atoms with Crippen LogP contribution in [0.4, 0.5) is 13.2 Å². The van der Waals surface area contributed by atoms with Crippen molar-refractivity contribution in [3.05, 3.63) is 63.8 Å². The molecule has 11 heteroatoms. The van der Waals surface area contributed by atoms with Crippen molar-refractivity contribution in [3.8, 4) is 10.6 Å². The number of aromatic nitrogens is 2. The van der Waals surface area contributed by atoms with Crippen LogP contribution in [0.15, 0.2) is 47.0 Å². The van der Waals surface area contributed by atoms with Crippen molar-refractivity contribution in [1.29, 1.82) is 0 Å². The Kier molecular flexibility index (Phi) is 7.32. The molecule has 4 aromatic rings. The van der Waals surface area contributed by atoms with Gasteiger partial charge in [-0.3, -0.25) is 4.79 Å².